The molecule has 0 radical (unpaired) electrons. The number of carbonyl (C=O) groups is 1. The Balaban J connectivity index is 3.62. The van der Waals surface area contributed by atoms with Crippen LogP contribution in [0.4, 0.5) is 4.79 Å². The van der Waals surface area contributed by atoms with Crippen LogP contribution in [0.2, 0.25) is 0 Å². The Kier molecular flexibility index (Phi) is 6.23. The molecular formula is C9H20N2O4. The molecule has 0 spiro atoms. The fourth-order valence-corrected chi connectivity index (χ4v) is 0.798. The maximum atomic E-state index is 11.1. The van der Waals surface area contributed by atoms with Crippen LogP contribution in [-0.2, 0) is 4.74 Å². The lowest BCUT2D eigenvalue weighted by molar-refractivity contribution is 0.0472. The van der Waals surface area contributed by atoms with E-state index >= 15 is 0 Å². The summed E-state index contributed by atoms with van der Waals surface area (Å²) >= 11 is 0. The first kappa shape index (κ1) is 14.2. The molecule has 6 nitrogen and oxygen atoms in total. The predicted molar refractivity (Wildman–Crippen MR) is 55.3 cm³/mol. The summed E-state index contributed by atoms with van der Waals surface area (Å²) < 4.78 is 4.95. The van der Waals surface area contributed by atoms with Crippen LogP contribution in [0.15, 0.2) is 0 Å². The van der Waals surface area contributed by atoms with Crippen molar-refractivity contribution in [1.82, 2.24) is 10.6 Å². The lowest BCUT2D eigenvalue weighted by Crippen LogP contribution is -2.43. The summed E-state index contributed by atoms with van der Waals surface area (Å²) in [6.07, 6.45) is -1.46. The van der Waals surface area contributed by atoms with E-state index in [9.17, 15) is 9.90 Å². The van der Waals surface area contributed by atoms with E-state index in [2.05, 4.69) is 10.6 Å². The van der Waals surface area contributed by atoms with Gasteiger partial charge in [-0.2, -0.15) is 0 Å². The third-order valence-corrected chi connectivity index (χ3v) is 1.33. The molecule has 4 N–H and O–H groups in total. The Hall–Kier alpha value is -0.850. The van der Waals surface area contributed by atoms with Crippen molar-refractivity contribution in [1.29, 1.82) is 0 Å². The minimum atomic E-state index is -0.885. The Morgan fingerprint density at radius 3 is 2.53 bits per heavy atom. The molecule has 0 aromatic rings. The second-order valence-corrected chi connectivity index (χ2v) is 4.08. The standard InChI is InChI=1S/C9H20N2O4/c1-9(2,3)15-8(14)11-6-7(13)10-4-5-12/h7,10,12-13H,4-6H2,1-3H3,(H,11,14). The van der Waals surface area contributed by atoms with Gasteiger partial charge in [0, 0.05) is 6.54 Å². The van der Waals surface area contributed by atoms with Crippen LogP contribution < -0.4 is 10.6 Å². The van der Waals surface area contributed by atoms with Gasteiger partial charge < -0.3 is 20.3 Å². The van der Waals surface area contributed by atoms with Gasteiger partial charge in [0.1, 0.15) is 11.8 Å². The van der Waals surface area contributed by atoms with Crippen LogP contribution in [0.3, 0.4) is 0 Å². The number of alkyl carbamates (subject to hydrolysis) is 1. The van der Waals surface area contributed by atoms with Crippen molar-refractivity contribution in [2.75, 3.05) is 19.7 Å². The first-order chi connectivity index (χ1) is 6.85. The highest BCUT2D eigenvalue weighted by atomic mass is 16.6. The number of carbonyl (C=O) groups excluding carboxylic acids is 1. The molecule has 0 fully saturated rings. The number of rotatable bonds is 5. The van der Waals surface area contributed by atoms with E-state index in [1.165, 1.54) is 0 Å². The Morgan fingerprint density at radius 1 is 1.47 bits per heavy atom. The van der Waals surface area contributed by atoms with Crippen molar-refractivity contribution in [3.63, 3.8) is 0 Å². The van der Waals surface area contributed by atoms with Gasteiger partial charge >= 0.3 is 6.09 Å². The third kappa shape index (κ3) is 9.45. The van der Waals surface area contributed by atoms with E-state index in [4.69, 9.17) is 9.84 Å². The molecule has 0 aromatic heterocycles. The number of hydrogen-bond donors (Lipinski definition) is 4. The van der Waals surface area contributed by atoms with Gasteiger partial charge in [-0.15, -0.1) is 0 Å². The van der Waals surface area contributed by atoms with Crippen LogP contribution in [0.1, 0.15) is 20.8 Å². The summed E-state index contributed by atoms with van der Waals surface area (Å²) in [5.41, 5.74) is -0.548. The molecule has 0 aliphatic carbocycles. The molecule has 0 aliphatic heterocycles. The van der Waals surface area contributed by atoms with Gasteiger partial charge in [0.2, 0.25) is 0 Å². The molecule has 0 saturated carbocycles. The molecule has 6 heteroatoms. The van der Waals surface area contributed by atoms with E-state index in [1.54, 1.807) is 20.8 Å². The largest absolute Gasteiger partial charge is 0.444 e. The van der Waals surface area contributed by atoms with E-state index in [0.717, 1.165) is 0 Å². The van der Waals surface area contributed by atoms with Gasteiger partial charge in [0.05, 0.1) is 13.2 Å². The summed E-state index contributed by atoms with van der Waals surface area (Å²) in [6, 6.07) is 0. The SMILES string of the molecule is CC(C)(C)OC(=O)NCC(O)NCCO. The van der Waals surface area contributed by atoms with Crippen LogP contribution in [-0.4, -0.2) is 47.8 Å². The molecule has 0 rings (SSSR count). The second-order valence-electron chi connectivity index (χ2n) is 4.08. The molecule has 0 aliphatic rings. The summed E-state index contributed by atoms with van der Waals surface area (Å²) in [6.45, 7) is 5.52. The molecule has 0 bridgehead atoms. The van der Waals surface area contributed by atoms with Crippen LogP contribution >= 0.6 is 0 Å². The zero-order chi connectivity index (χ0) is 11.9. The van der Waals surface area contributed by atoms with Crippen molar-refractivity contribution >= 4 is 6.09 Å². The minimum absolute atomic E-state index is 0.0366. The molecule has 90 valence electrons. The maximum Gasteiger partial charge on any atom is 0.407 e. The summed E-state index contributed by atoms with van der Waals surface area (Å²) in [7, 11) is 0. The topological polar surface area (TPSA) is 90.8 Å². The zero-order valence-corrected chi connectivity index (χ0v) is 9.41. The minimum Gasteiger partial charge on any atom is -0.444 e. The fourth-order valence-electron chi connectivity index (χ4n) is 0.798. The molecule has 0 heterocycles. The van der Waals surface area contributed by atoms with Gasteiger partial charge in [-0.25, -0.2) is 4.79 Å². The highest BCUT2D eigenvalue weighted by Gasteiger charge is 2.16. The van der Waals surface area contributed by atoms with E-state index < -0.39 is 17.9 Å². The molecule has 0 aromatic carbocycles. The van der Waals surface area contributed by atoms with Crippen molar-refractivity contribution < 1.29 is 19.7 Å². The molecule has 15 heavy (non-hydrogen) atoms. The number of hydrogen-bond acceptors (Lipinski definition) is 5. The van der Waals surface area contributed by atoms with Crippen molar-refractivity contribution in [2.45, 2.75) is 32.6 Å². The molecule has 0 saturated heterocycles. The number of ether oxygens (including phenoxy) is 1. The monoisotopic (exact) mass is 220 g/mol. The Morgan fingerprint density at radius 2 is 2.07 bits per heavy atom. The van der Waals surface area contributed by atoms with Gasteiger partial charge in [0.15, 0.2) is 0 Å². The number of aliphatic hydroxyl groups is 2. The molecule has 1 unspecified atom stereocenters. The molecule has 1 amide bonds. The zero-order valence-electron chi connectivity index (χ0n) is 9.41. The predicted octanol–water partition coefficient (Wildman–Crippen LogP) is -0.589. The van der Waals surface area contributed by atoms with E-state index in [-0.39, 0.29) is 19.7 Å². The number of amides is 1. The number of aliphatic hydroxyl groups excluding tert-OH is 2. The Bertz CT molecular complexity index is 191. The lowest BCUT2D eigenvalue weighted by Gasteiger charge is -2.20. The highest BCUT2D eigenvalue weighted by Crippen LogP contribution is 2.06. The Labute approximate surface area is 89.6 Å². The lowest BCUT2D eigenvalue weighted by atomic mass is 10.2. The van der Waals surface area contributed by atoms with Crippen molar-refractivity contribution in [3.05, 3.63) is 0 Å². The summed E-state index contributed by atoms with van der Waals surface area (Å²) in [5.74, 6) is 0. The van der Waals surface area contributed by atoms with Crippen molar-refractivity contribution in [2.24, 2.45) is 0 Å². The van der Waals surface area contributed by atoms with Crippen LogP contribution in [0.25, 0.3) is 0 Å². The average Bonchev–Trinajstić information content (AvgIpc) is 2.08. The average molecular weight is 220 g/mol. The fraction of sp³-hybridized carbons (Fsp3) is 0.889. The van der Waals surface area contributed by atoms with E-state index in [1.807, 2.05) is 0 Å². The second kappa shape index (κ2) is 6.60. The van der Waals surface area contributed by atoms with Gasteiger partial charge in [-0.1, -0.05) is 0 Å². The summed E-state index contributed by atoms with van der Waals surface area (Å²) in [5, 5.41) is 22.7. The smallest absolute Gasteiger partial charge is 0.407 e. The van der Waals surface area contributed by atoms with Crippen LogP contribution in [0.5, 0.6) is 0 Å². The first-order valence-electron chi connectivity index (χ1n) is 4.84. The van der Waals surface area contributed by atoms with Crippen molar-refractivity contribution in [3.8, 4) is 0 Å². The quantitative estimate of drug-likeness (QED) is 0.465. The van der Waals surface area contributed by atoms with E-state index in [0.29, 0.717) is 0 Å². The third-order valence-electron chi connectivity index (χ3n) is 1.33. The maximum absolute atomic E-state index is 11.1. The highest BCUT2D eigenvalue weighted by molar-refractivity contribution is 5.67. The van der Waals surface area contributed by atoms with Crippen LogP contribution in [0, 0.1) is 0 Å². The number of nitrogens with one attached hydrogen (secondary N) is 2. The van der Waals surface area contributed by atoms with Gasteiger partial charge in [-0.05, 0) is 20.8 Å². The first-order valence-corrected chi connectivity index (χ1v) is 4.84. The normalized spacial score (nSPS) is 13.4. The molecular weight excluding hydrogens is 200 g/mol. The van der Waals surface area contributed by atoms with Gasteiger partial charge in [-0.3, -0.25) is 5.32 Å². The summed E-state index contributed by atoms with van der Waals surface area (Å²) in [4.78, 5) is 11.1. The van der Waals surface area contributed by atoms with Gasteiger partial charge in [0.25, 0.3) is 0 Å². The molecule has 1 atom stereocenters.